The monoisotopic (exact) mass is 372 g/mol. The van der Waals surface area contributed by atoms with Crippen molar-refractivity contribution in [3.8, 4) is 5.75 Å². The minimum absolute atomic E-state index is 0.0395. The molecule has 27 heavy (non-hydrogen) atoms. The molecule has 0 radical (unpaired) electrons. The minimum Gasteiger partial charge on any atom is -0.508 e. The molecule has 1 aliphatic rings. The highest BCUT2D eigenvalue weighted by Gasteiger charge is 2.39. The number of hydrogen-bond donors (Lipinski definition) is 2. The van der Waals surface area contributed by atoms with Crippen LogP contribution in [0, 0.1) is 5.82 Å². The Labute approximate surface area is 158 Å². The summed E-state index contributed by atoms with van der Waals surface area (Å²) in [5.41, 5.74) is 3.70. The summed E-state index contributed by atoms with van der Waals surface area (Å²) in [4.78, 5) is 18.7. The van der Waals surface area contributed by atoms with E-state index in [1.807, 2.05) is 6.07 Å². The molecule has 144 valence electrons. The van der Waals surface area contributed by atoms with Crippen molar-refractivity contribution in [1.29, 1.82) is 0 Å². The number of rotatable bonds is 5. The van der Waals surface area contributed by atoms with Gasteiger partial charge in [-0.05, 0) is 36.1 Å². The first-order chi connectivity index (χ1) is 12.7. The van der Waals surface area contributed by atoms with Gasteiger partial charge in [-0.15, -0.1) is 0 Å². The largest absolute Gasteiger partial charge is 0.508 e. The Balaban J connectivity index is 2.08. The van der Waals surface area contributed by atoms with E-state index >= 15 is 0 Å². The maximum absolute atomic E-state index is 13.3. The van der Waals surface area contributed by atoms with Crippen molar-refractivity contribution in [3.05, 3.63) is 52.6 Å². The molecule has 2 aromatic rings. The van der Waals surface area contributed by atoms with Gasteiger partial charge in [0.25, 0.3) is 0 Å². The van der Waals surface area contributed by atoms with Crippen molar-refractivity contribution >= 4 is 11.6 Å². The Morgan fingerprint density at radius 3 is 2.67 bits per heavy atom. The molecule has 3 rings (SSSR count). The van der Waals surface area contributed by atoms with Crippen molar-refractivity contribution in [2.75, 3.05) is 18.1 Å². The number of aryl methyl sites for hydroxylation is 1. The molecule has 6 heteroatoms. The number of benzene rings is 1. The molecule has 5 nitrogen and oxygen atoms in total. The fourth-order valence-electron chi connectivity index (χ4n) is 3.63. The summed E-state index contributed by atoms with van der Waals surface area (Å²) in [6.07, 6.45) is 1.54. The lowest BCUT2D eigenvalue weighted by Crippen LogP contribution is -2.32. The average Bonchev–Trinajstić information content (AvgIpc) is 2.86. The lowest BCUT2D eigenvalue weighted by atomic mass is 9.90. The van der Waals surface area contributed by atoms with Gasteiger partial charge in [0.2, 0.25) is 5.91 Å². The van der Waals surface area contributed by atoms with Gasteiger partial charge in [-0.1, -0.05) is 19.9 Å². The van der Waals surface area contributed by atoms with E-state index in [4.69, 9.17) is 4.98 Å². The summed E-state index contributed by atoms with van der Waals surface area (Å²) in [5, 5.41) is 19.3. The Hall–Kier alpha value is -2.47. The minimum atomic E-state index is -0.492. The molecule has 1 aliphatic heterocycles. The van der Waals surface area contributed by atoms with E-state index in [9.17, 15) is 19.4 Å². The third kappa shape index (κ3) is 3.81. The number of halogens is 1. The van der Waals surface area contributed by atoms with Gasteiger partial charge in [-0.25, -0.2) is 4.39 Å². The summed E-state index contributed by atoms with van der Waals surface area (Å²) < 4.78 is 13.3. The van der Waals surface area contributed by atoms with E-state index in [1.165, 1.54) is 13.0 Å². The molecular weight excluding hydrogens is 347 g/mol. The second-order valence-electron chi connectivity index (χ2n) is 7.73. The lowest BCUT2D eigenvalue weighted by Gasteiger charge is -2.18. The summed E-state index contributed by atoms with van der Waals surface area (Å²) in [7, 11) is 0. The predicted molar refractivity (Wildman–Crippen MR) is 102 cm³/mol. The first-order valence-electron chi connectivity index (χ1n) is 9.12. The number of aromatic nitrogens is 1. The van der Waals surface area contributed by atoms with Crippen molar-refractivity contribution in [1.82, 2.24) is 4.98 Å². The number of hydrogen-bond acceptors (Lipinski definition) is 4. The van der Waals surface area contributed by atoms with Gasteiger partial charge < -0.3 is 15.1 Å². The van der Waals surface area contributed by atoms with Crippen molar-refractivity contribution in [3.63, 3.8) is 0 Å². The van der Waals surface area contributed by atoms with Crippen molar-refractivity contribution in [2.24, 2.45) is 0 Å². The summed E-state index contributed by atoms with van der Waals surface area (Å²) >= 11 is 0. The first-order valence-corrected chi connectivity index (χ1v) is 9.12. The van der Waals surface area contributed by atoms with Crippen LogP contribution in [0.5, 0.6) is 5.75 Å². The Morgan fingerprint density at radius 2 is 2.04 bits per heavy atom. The quantitative estimate of drug-likeness (QED) is 0.846. The fourth-order valence-corrected chi connectivity index (χ4v) is 3.63. The molecule has 2 heterocycles. The number of nitrogens with zero attached hydrogens (tertiary/aromatic N) is 2. The van der Waals surface area contributed by atoms with Gasteiger partial charge >= 0.3 is 0 Å². The van der Waals surface area contributed by atoms with Crippen LogP contribution in [0.3, 0.4) is 0 Å². The van der Waals surface area contributed by atoms with E-state index in [0.717, 1.165) is 28.7 Å². The molecular formula is C21H25FN2O3. The summed E-state index contributed by atoms with van der Waals surface area (Å²) in [6.45, 7) is 6.28. The van der Waals surface area contributed by atoms with Crippen LogP contribution in [0.2, 0.25) is 0 Å². The van der Waals surface area contributed by atoms with Crippen LogP contribution in [0.15, 0.2) is 24.3 Å². The van der Waals surface area contributed by atoms with Crippen LogP contribution < -0.4 is 4.90 Å². The topological polar surface area (TPSA) is 73.7 Å². The van der Waals surface area contributed by atoms with Gasteiger partial charge in [-0.2, -0.15) is 0 Å². The first kappa shape index (κ1) is 19.3. The second-order valence-corrected chi connectivity index (χ2v) is 7.73. The number of amides is 1. The molecule has 0 unspecified atom stereocenters. The smallest absolute Gasteiger partial charge is 0.223 e. The molecule has 0 aliphatic carbocycles. The summed E-state index contributed by atoms with van der Waals surface area (Å²) in [6, 6.07) is 5.91. The maximum atomic E-state index is 13.3. The molecule has 0 atom stereocenters. The number of phenolic OH excluding ortho intramolecular Hbond substituents is 1. The number of aromatic hydroxyl groups is 1. The maximum Gasteiger partial charge on any atom is 0.223 e. The standard InChI is InChI=1S/C21H25FN2O3/c1-13(26)24-12-21(2,3)20-18(24)10-15(17(23-20)5-4-8-25)9-14-6-7-16(22)11-19(14)27/h6-7,10-11,25,27H,4-5,8-9,12H2,1-3H3. The number of phenols is 1. The zero-order valence-electron chi connectivity index (χ0n) is 15.9. The Morgan fingerprint density at radius 1 is 1.30 bits per heavy atom. The van der Waals surface area contributed by atoms with Crippen LogP contribution in [0.25, 0.3) is 0 Å². The van der Waals surface area contributed by atoms with Crippen LogP contribution in [-0.4, -0.2) is 34.3 Å². The number of aliphatic hydroxyl groups is 1. The highest BCUT2D eigenvalue weighted by molar-refractivity contribution is 5.94. The lowest BCUT2D eigenvalue weighted by molar-refractivity contribution is -0.116. The SMILES string of the molecule is CC(=O)N1CC(C)(C)c2nc(CCCO)c(Cc3ccc(F)cc3O)cc21. The normalized spacial score (nSPS) is 15.1. The van der Waals surface area contributed by atoms with Crippen LogP contribution in [-0.2, 0) is 23.1 Å². The average molecular weight is 372 g/mol. The van der Waals surface area contributed by atoms with Crippen LogP contribution in [0.1, 0.15) is 49.7 Å². The number of fused-ring (bicyclic) bond motifs is 1. The second kappa shape index (κ2) is 7.27. The molecule has 1 aromatic carbocycles. The van der Waals surface area contributed by atoms with E-state index in [2.05, 4.69) is 13.8 Å². The number of carbonyl (C=O) groups excluding carboxylic acids is 1. The third-order valence-electron chi connectivity index (χ3n) is 5.04. The number of carbonyl (C=O) groups is 1. The van der Waals surface area contributed by atoms with Gasteiger partial charge in [0.15, 0.2) is 0 Å². The van der Waals surface area contributed by atoms with Crippen LogP contribution >= 0.6 is 0 Å². The van der Waals surface area contributed by atoms with E-state index in [0.29, 0.717) is 31.4 Å². The van der Waals surface area contributed by atoms with E-state index in [1.54, 1.807) is 11.0 Å². The Bertz CT molecular complexity index is 880. The van der Waals surface area contributed by atoms with Gasteiger partial charge in [0.1, 0.15) is 11.6 Å². The van der Waals surface area contributed by atoms with Crippen molar-refractivity contribution in [2.45, 2.75) is 45.4 Å². The fraction of sp³-hybridized carbons (Fsp3) is 0.429. The number of aliphatic hydroxyl groups excluding tert-OH is 1. The van der Waals surface area contributed by atoms with E-state index in [-0.39, 0.29) is 23.7 Å². The van der Waals surface area contributed by atoms with Gasteiger partial charge in [0.05, 0.1) is 11.4 Å². The molecule has 0 fully saturated rings. The molecule has 0 saturated heterocycles. The molecule has 0 spiro atoms. The highest BCUT2D eigenvalue weighted by atomic mass is 19.1. The highest BCUT2D eigenvalue weighted by Crippen LogP contribution is 2.41. The zero-order chi connectivity index (χ0) is 19.8. The van der Waals surface area contributed by atoms with Gasteiger partial charge in [-0.3, -0.25) is 9.78 Å². The molecule has 1 amide bonds. The number of anilines is 1. The third-order valence-corrected chi connectivity index (χ3v) is 5.04. The summed E-state index contributed by atoms with van der Waals surface area (Å²) in [5.74, 6) is -0.636. The molecule has 0 bridgehead atoms. The Kier molecular flexibility index (Phi) is 5.20. The molecule has 0 saturated carbocycles. The predicted octanol–water partition coefficient (Wildman–Crippen LogP) is 3.09. The molecule has 2 N–H and O–H groups in total. The van der Waals surface area contributed by atoms with Gasteiger partial charge in [0, 0.05) is 43.7 Å². The van der Waals surface area contributed by atoms with E-state index < -0.39 is 5.82 Å². The van der Waals surface area contributed by atoms with Crippen molar-refractivity contribution < 1.29 is 19.4 Å². The molecule has 1 aromatic heterocycles. The zero-order valence-corrected chi connectivity index (χ0v) is 15.9. The van der Waals surface area contributed by atoms with Crippen LogP contribution in [0.4, 0.5) is 10.1 Å². The number of pyridine rings is 1.